The summed E-state index contributed by atoms with van der Waals surface area (Å²) < 4.78 is 0.867. The summed E-state index contributed by atoms with van der Waals surface area (Å²) in [5, 5.41) is 0.681. The Bertz CT molecular complexity index is 572. The molecular weight excluding hydrogens is 338 g/mol. The Hall–Kier alpha value is -0.940. The summed E-state index contributed by atoms with van der Waals surface area (Å²) in [6.45, 7) is 2.11. The van der Waals surface area contributed by atoms with Gasteiger partial charge in [0.1, 0.15) is 0 Å². The highest BCUT2D eigenvalue weighted by Crippen LogP contribution is 2.31. The second-order valence-corrected chi connectivity index (χ2v) is 5.81. The normalized spacial score (nSPS) is 12.4. The van der Waals surface area contributed by atoms with Gasteiger partial charge in [-0.15, -0.1) is 0 Å². The maximum absolute atomic E-state index is 6.32. The monoisotopic (exact) mass is 353 g/mol. The van der Waals surface area contributed by atoms with Crippen LogP contribution >= 0.6 is 27.5 Å². The highest BCUT2D eigenvalue weighted by atomic mass is 79.9. The van der Waals surface area contributed by atoms with Crippen molar-refractivity contribution in [1.82, 2.24) is 10.4 Å². The van der Waals surface area contributed by atoms with Crippen molar-refractivity contribution in [3.05, 3.63) is 62.8 Å². The van der Waals surface area contributed by atoms with E-state index in [2.05, 4.69) is 39.3 Å². The lowest BCUT2D eigenvalue weighted by atomic mass is 10.0. The van der Waals surface area contributed by atoms with Gasteiger partial charge < -0.3 is 0 Å². The van der Waals surface area contributed by atoms with Gasteiger partial charge in [-0.05, 0) is 45.6 Å². The van der Waals surface area contributed by atoms with Crippen LogP contribution in [0.3, 0.4) is 0 Å². The van der Waals surface area contributed by atoms with E-state index in [0.717, 1.165) is 22.2 Å². The molecule has 0 bridgehead atoms. The Morgan fingerprint density at radius 3 is 2.75 bits per heavy atom. The van der Waals surface area contributed by atoms with Gasteiger partial charge >= 0.3 is 0 Å². The third-order valence-electron chi connectivity index (χ3n) is 3.27. The van der Waals surface area contributed by atoms with Crippen molar-refractivity contribution < 1.29 is 0 Å². The molecule has 1 aromatic carbocycles. The molecule has 0 aliphatic heterocycles. The number of aryl methyl sites for hydroxylation is 1. The van der Waals surface area contributed by atoms with Crippen molar-refractivity contribution in [3.63, 3.8) is 0 Å². The van der Waals surface area contributed by atoms with Crippen LogP contribution < -0.4 is 11.3 Å². The van der Waals surface area contributed by atoms with E-state index in [1.807, 2.05) is 30.5 Å². The first kappa shape index (κ1) is 15.4. The summed E-state index contributed by atoms with van der Waals surface area (Å²) in [5.41, 5.74) is 6.00. The second kappa shape index (κ2) is 7.18. The molecule has 2 rings (SSSR count). The number of nitrogens with two attached hydrogens (primary N) is 1. The number of aromatic nitrogens is 1. The quantitative estimate of drug-likeness (QED) is 0.634. The topological polar surface area (TPSA) is 50.9 Å². The highest BCUT2D eigenvalue weighted by Gasteiger charge is 2.16. The number of halogens is 2. The fourth-order valence-corrected chi connectivity index (χ4v) is 2.68. The SMILES string of the molecule is CCc1ccc(CC(NN)c2cccc(Br)c2Cl)nc1. The summed E-state index contributed by atoms with van der Waals surface area (Å²) in [7, 11) is 0. The third-order valence-corrected chi connectivity index (χ3v) is 4.58. The van der Waals surface area contributed by atoms with Gasteiger partial charge in [-0.2, -0.15) is 0 Å². The molecule has 0 fully saturated rings. The summed E-state index contributed by atoms with van der Waals surface area (Å²) in [6.07, 6.45) is 3.59. The van der Waals surface area contributed by atoms with Crippen molar-refractivity contribution in [1.29, 1.82) is 0 Å². The van der Waals surface area contributed by atoms with Gasteiger partial charge in [0.2, 0.25) is 0 Å². The van der Waals surface area contributed by atoms with Crippen LogP contribution in [0.4, 0.5) is 0 Å². The highest BCUT2D eigenvalue weighted by molar-refractivity contribution is 9.10. The summed E-state index contributed by atoms with van der Waals surface area (Å²) in [4.78, 5) is 4.46. The van der Waals surface area contributed by atoms with E-state index >= 15 is 0 Å². The zero-order valence-electron chi connectivity index (χ0n) is 11.2. The Kier molecular flexibility index (Phi) is 5.54. The number of hydrogen-bond donors (Lipinski definition) is 2. The molecule has 0 saturated heterocycles. The van der Waals surface area contributed by atoms with E-state index in [1.165, 1.54) is 5.56 Å². The van der Waals surface area contributed by atoms with Crippen LogP contribution in [0.1, 0.15) is 29.8 Å². The number of nitrogens with one attached hydrogen (secondary N) is 1. The van der Waals surface area contributed by atoms with Crippen molar-refractivity contribution in [2.45, 2.75) is 25.8 Å². The zero-order valence-corrected chi connectivity index (χ0v) is 13.6. The maximum Gasteiger partial charge on any atom is 0.0596 e. The minimum atomic E-state index is -0.0695. The number of hydrogen-bond acceptors (Lipinski definition) is 3. The average molecular weight is 355 g/mol. The molecule has 0 spiro atoms. The van der Waals surface area contributed by atoms with Gasteiger partial charge in [0.25, 0.3) is 0 Å². The van der Waals surface area contributed by atoms with Crippen molar-refractivity contribution in [2.24, 2.45) is 5.84 Å². The van der Waals surface area contributed by atoms with Crippen LogP contribution in [0, 0.1) is 0 Å². The molecule has 2 aromatic rings. The van der Waals surface area contributed by atoms with E-state index in [4.69, 9.17) is 17.4 Å². The Labute approximate surface area is 132 Å². The number of nitrogens with zero attached hydrogens (tertiary/aromatic N) is 1. The number of rotatable bonds is 5. The Balaban J connectivity index is 2.21. The summed E-state index contributed by atoms with van der Waals surface area (Å²) in [6, 6.07) is 9.89. The van der Waals surface area contributed by atoms with Crippen LogP contribution in [0.25, 0.3) is 0 Å². The van der Waals surface area contributed by atoms with Gasteiger partial charge in [-0.1, -0.05) is 36.7 Å². The molecule has 3 N–H and O–H groups in total. The van der Waals surface area contributed by atoms with Crippen LogP contribution in [-0.4, -0.2) is 4.98 Å². The van der Waals surface area contributed by atoms with Gasteiger partial charge in [0.05, 0.1) is 11.1 Å². The van der Waals surface area contributed by atoms with Gasteiger partial charge in [-0.3, -0.25) is 16.3 Å². The minimum Gasteiger partial charge on any atom is -0.271 e. The van der Waals surface area contributed by atoms with E-state index in [1.54, 1.807) is 0 Å². The molecule has 0 saturated carbocycles. The molecule has 106 valence electrons. The summed E-state index contributed by atoms with van der Waals surface area (Å²) >= 11 is 9.75. The molecule has 1 atom stereocenters. The number of hydrazine groups is 1. The smallest absolute Gasteiger partial charge is 0.0596 e. The van der Waals surface area contributed by atoms with Crippen LogP contribution in [0.2, 0.25) is 5.02 Å². The largest absolute Gasteiger partial charge is 0.271 e. The molecule has 0 amide bonds. The number of benzene rings is 1. The molecule has 1 heterocycles. The molecule has 1 unspecified atom stereocenters. The van der Waals surface area contributed by atoms with E-state index in [0.29, 0.717) is 11.4 Å². The van der Waals surface area contributed by atoms with Crippen molar-refractivity contribution in [3.8, 4) is 0 Å². The molecule has 0 aliphatic carbocycles. The fraction of sp³-hybridized carbons (Fsp3) is 0.267. The Morgan fingerprint density at radius 2 is 2.15 bits per heavy atom. The zero-order chi connectivity index (χ0) is 14.5. The van der Waals surface area contributed by atoms with Crippen molar-refractivity contribution in [2.75, 3.05) is 0 Å². The number of pyridine rings is 1. The van der Waals surface area contributed by atoms with Crippen LogP contribution in [-0.2, 0) is 12.8 Å². The van der Waals surface area contributed by atoms with E-state index in [9.17, 15) is 0 Å². The van der Waals surface area contributed by atoms with E-state index < -0.39 is 0 Å². The van der Waals surface area contributed by atoms with Crippen LogP contribution in [0.5, 0.6) is 0 Å². The standard InChI is InChI=1S/C15H17BrClN3/c1-2-10-6-7-11(19-9-10)8-14(20-18)12-4-3-5-13(16)15(12)17/h3-7,9,14,20H,2,8,18H2,1H3. The minimum absolute atomic E-state index is 0.0695. The molecule has 3 nitrogen and oxygen atoms in total. The molecule has 0 radical (unpaired) electrons. The van der Waals surface area contributed by atoms with Gasteiger partial charge in [0.15, 0.2) is 0 Å². The maximum atomic E-state index is 6.32. The van der Waals surface area contributed by atoms with Gasteiger partial charge in [-0.25, -0.2) is 0 Å². The third kappa shape index (κ3) is 3.58. The lowest BCUT2D eigenvalue weighted by Crippen LogP contribution is -2.30. The van der Waals surface area contributed by atoms with Gasteiger partial charge in [0, 0.05) is 22.8 Å². The van der Waals surface area contributed by atoms with Crippen molar-refractivity contribution >= 4 is 27.5 Å². The van der Waals surface area contributed by atoms with E-state index in [-0.39, 0.29) is 6.04 Å². The molecule has 20 heavy (non-hydrogen) atoms. The Morgan fingerprint density at radius 1 is 1.35 bits per heavy atom. The summed E-state index contributed by atoms with van der Waals surface area (Å²) in [5.74, 6) is 5.68. The molecule has 5 heteroatoms. The first-order valence-electron chi connectivity index (χ1n) is 6.49. The first-order valence-corrected chi connectivity index (χ1v) is 7.66. The average Bonchev–Trinajstić information content (AvgIpc) is 2.48. The molecule has 1 aromatic heterocycles. The molecular formula is C15H17BrClN3. The van der Waals surface area contributed by atoms with Crippen LogP contribution in [0.15, 0.2) is 41.0 Å². The second-order valence-electron chi connectivity index (χ2n) is 4.58. The fourth-order valence-electron chi connectivity index (χ4n) is 2.04. The first-order chi connectivity index (χ1) is 9.65. The molecule has 0 aliphatic rings. The predicted octanol–water partition coefficient (Wildman–Crippen LogP) is 3.81. The lowest BCUT2D eigenvalue weighted by molar-refractivity contribution is 0.546. The lowest BCUT2D eigenvalue weighted by Gasteiger charge is -2.18. The predicted molar refractivity (Wildman–Crippen MR) is 86.5 cm³/mol.